The number of hydrogen-bond donors (Lipinski definition) is 1. The van der Waals surface area contributed by atoms with E-state index >= 15 is 0 Å². The van der Waals surface area contributed by atoms with E-state index in [0.717, 1.165) is 18.7 Å². The first-order valence-corrected chi connectivity index (χ1v) is 7.36. The number of hydrogen-bond acceptors (Lipinski definition) is 3. The molecular formula is C18H24N2O. The highest BCUT2D eigenvalue weighted by atomic mass is 16.5. The lowest BCUT2D eigenvalue weighted by molar-refractivity contribution is 0.261. The molecular weight excluding hydrogens is 260 g/mol. The van der Waals surface area contributed by atoms with Crippen LogP contribution in [0.1, 0.15) is 5.56 Å². The second-order valence-electron chi connectivity index (χ2n) is 5.41. The first-order chi connectivity index (χ1) is 10.2. The smallest absolute Gasteiger partial charge is 0.119 e. The van der Waals surface area contributed by atoms with E-state index in [1.54, 1.807) is 0 Å². The van der Waals surface area contributed by atoms with Gasteiger partial charge in [0, 0.05) is 6.54 Å². The second kappa shape index (κ2) is 7.81. The van der Waals surface area contributed by atoms with Gasteiger partial charge in [0.1, 0.15) is 12.4 Å². The molecule has 0 heterocycles. The molecule has 0 spiro atoms. The minimum atomic E-state index is 0.693. The molecule has 112 valence electrons. The van der Waals surface area contributed by atoms with Crippen LogP contribution in [-0.4, -0.2) is 38.7 Å². The monoisotopic (exact) mass is 284 g/mol. The first-order valence-electron chi connectivity index (χ1n) is 7.36. The molecule has 0 saturated carbocycles. The number of rotatable bonds is 7. The highest BCUT2D eigenvalue weighted by Gasteiger charge is 2.00. The van der Waals surface area contributed by atoms with Gasteiger partial charge < -0.3 is 15.4 Å². The molecule has 2 aromatic carbocycles. The van der Waals surface area contributed by atoms with Crippen molar-refractivity contribution >= 4 is 0 Å². The van der Waals surface area contributed by atoms with Gasteiger partial charge in [-0.05, 0) is 55.9 Å². The lowest BCUT2D eigenvalue weighted by Crippen LogP contribution is -2.19. The zero-order valence-electron chi connectivity index (χ0n) is 12.9. The Morgan fingerprint density at radius 1 is 0.905 bits per heavy atom. The highest BCUT2D eigenvalue weighted by molar-refractivity contribution is 5.64. The topological polar surface area (TPSA) is 38.5 Å². The minimum Gasteiger partial charge on any atom is -0.492 e. The van der Waals surface area contributed by atoms with Crippen LogP contribution in [0.2, 0.25) is 0 Å². The van der Waals surface area contributed by atoms with Crippen LogP contribution in [0, 0.1) is 0 Å². The van der Waals surface area contributed by atoms with Crippen LogP contribution in [0.15, 0.2) is 48.5 Å². The number of ether oxygens (including phenoxy) is 1. The van der Waals surface area contributed by atoms with Gasteiger partial charge in [0.05, 0.1) is 0 Å². The van der Waals surface area contributed by atoms with Gasteiger partial charge in [-0.2, -0.15) is 0 Å². The molecule has 0 aromatic heterocycles. The van der Waals surface area contributed by atoms with Crippen molar-refractivity contribution in [3.05, 3.63) is 54.1 Å². The van der Waals surface area contributed by atoms with Gasteiger partial charge in [0.2, 0.25) is 0 Å². The van der Waals surface area contributed by atoms with Crippen molar-refractivity contribution in [2.24, 2.45) is 5.73 Å². The van der Waals surface area contributed by atoms with Gasteiger partial charge >= 0.3 is 0 Å². The summed E-state index contributed by atoms with van der Waals surface area (Å²) in [7, 11) is 4.08. The molecule has 0 aliphatic heterocycles. The van der Waals surface area contributed by atoms with E-state index in [0.29, 0.717) is 13.2 Å². The van der Waals surface area contributed by atoms with E-state index in [1.807, 2.05) is 26.2 Å². The Morgan fingerprint density at radius 2 is 1.48 bits per heavy atom. The van der Waals surface area contributed by atoms with Crippen molar-refractivity contribution in [3.8, 4) is 16.9 Å². The molecule has 0 atom stereocenters. The molecule has 0 fully saturated rings. The predicted molar refractivity (Wildman–Crippen MR) is 88.7 cm³/mol. The van der Waals surface area contributed by atoms with Crippen molar-refractivity contribution in [2.75, 3.05) is 33.8 Å². The predicted octanol–water partition coefficient (Wildman–Crippen LogP) is 2.80. The third kappa shape index (κ3) is 4.88. The van der Waals surface area contributed by atoms with Crippen LogP contribution in [0.25, 0.3) is 11.1 Å². The van der Waals surface area contributed by atoms with Crippen LogP contribution in [0.4, 0.5) is 0 Å². The van der Waals surface area contributed by atoms with Crippen LogP contribution >= 0.6 is 0 Å². The maximum atomic E-state index is 5.70. The molecule has 2 aromatic rings. The van der Waals surface area contributed by atoms with Crippen molar-refractivity contribution < 1.29 is 4.74 Å². The summed E-state index contributed by atoms with van der Waals surface area (Å²) in [6.45, 7) is 2.32. The lowest BCUT2D eigenvalue weighted by Gasteiger charge is -2.11. The average molecular weight is 284 g/mol. The fraction of sp³-hybridized carbons (Fsp3) is 0.333. The second-order valence-corrected chi connectivity index (χ2v) is 5.41. The normalized spacial score (nSPS) is 10.9. The SMILES string of the molecule is CN(C)CCOc1ccc(-c2ccc(CCN)cc2)cc1. The van der Waals surface area contributed by atoms with Gasteiger partial charge in [-0.1, -0.05) is 36.4 Å². The van der Waals surface area contributed by atoms with Gasteiger partial charge in [-0.3, -0.25) is 0 Å². The maximum Gasteiger partial charge on any atom is 0.119 e. The first kappa shape index (κ1) is 15.5. The minimum absolute atomic E-state index is 0.693. The Kier molecular flexibility index (Phi) is 5.78. The quantitative estimate of drug-likeness (QED) is 0.849. The number of likely N-dealkylation sites (N-methyl/N-ethyl adjacent to an activating group) is 1. The molecule has 0 aliphatic rings. The van der Waals surface area contributed by atoms with Crippen LogP contribution in [0.3, 0.4) is 0 Å². The van der Waals surface area contributed by atoms with E-state index in [9.17, 15) is 0 Å². The standard InChI is InChI=1S/C18H24N2O/c1-20(2)13-14-21-18-9-7-17(8-10-18)16-5-3-15(4-6-16)11-12-19/h3-10H,11-14,19H2,1-2H3. The molecule has 3 nitrogen and oxygen atoms in total. The molecule has 21 heavy (non-hydrogen) atoms. The molecule has 0 radical (unpaired) electrons. The highest BCUT2D eigenvalue weighted by Crippen LogP contribution is 2.22. The zero-order valence-corrected chi connectivity index (χ0v) is 12.9. The van der Waals surface area contributed by atoms with E-state index in [2.05, 4.69) is 41.3 Å². The van der Waals surface area contributed by atoms with Crippen molar-refractivity contribution in [1.29, 1.82) is 0 Å². The molecule has 2 N–H and O–H groups in total. The summed E-state index contributed by atoms with van der Waals surface area (Å²) in [5, 5.41) is 0. The molecule has 3 heteroatoms. The van der Waals surface area contributed by atoms with E-state index in [4.69, 9.17) is 10.5 Å². The third-order valence-corrected chi connectivity index (χ3v) is 3.38. The third-order valence-electron chi connectivity index (χ3n) is 3.38. The summed E-state index contributed by atoms with van der Waals surface area (Å²) in [6, 6.07) is 16.8. The Bertz CT molecular complexity index is 532. The Labute approximate surface area is 127 Å². The Hall–Kier alpha value is -1.84. The van der Waals surface area contributed by atoms with Crippen LogP contribution in [-0.2, 0) is 6.42 Å². The lowest BCUT2D eigenvalue weighted by atomic mass is 10.0. The average Bonchev–Trinajstić information content (AvgIpc) is 2.49. The fourth-order valence-electron chi connectivity index (χ4n) is 2.12. The van der Waals surface area contributed by atoms with Crippen LogP contribution < -0.4 is 10.5 Å². The molecule has 0 bridgehead atoms. The van der Waals surface area contributed by atoms with E-state index in [-0.39, 0.29) is 0 Å². The van der Waals surface area contributed by atoms with Crippen LogP contribution in [0.5, 0.6) is 5.75 Å². The van der Waals surface area contributed by atoms with E-state index in [1.165, 1.54) is 16.7 Å². The van der Waals surface area contributed by atoms with Gasteiger partial charge in [0.15, 0.2) is 0 Å². The zero-order chi connectivity index (χ0) is 15.1. The number of nitrogens with two attached hydrogens (primary N) is 1. The summed E-state index contributed by atoms with van der Waals surface area (Å²) in [5.41, 5.74) is 9.27. The molecule has 0 aliphatic carbocycles. The molecule has 0 saturated heterocycles. The molecule has 2 rings (SSSR count). The fourth-order valence-corrected chi connectivity index (χ4v) is 2.12. The molecule has 0 unspecified atom stereocenters. The largest absolute Gasteiger partial charge is 0.492 e. The van der Waals surface area contributed by atoms with Gasteiger partial charge in [0.25, 0.3) is 0 Å². The van der Waals surface area contributed by atoms with Crippen molar-refractivity contribution in [2.45, 2.75) is 6.42 Å². The summed E-state index contributed by atoms with van der Waals surface area (Å²) in [4.78, 5) is 2.11. The summed E-state index contributed by atoms with van der Waals surface area (Å²) >= 11 is 0. The maximum absolute atomic E-state index is 5.70. The summed E-state index contributed by atoms with van der Waals surface area (Å²) in [6.07, 6.45) is 0.929. The van der Waals surface area contributed by atoms with Crippen molar-refractivity contribution in [3.63, 3.8) is 0 Å². The number of nitrogens with zero attached hydrogens (tertiary/aromatic N) is 1. The molecule has 0 amide bonds. The summed E-state index contributed by atoms with van der Waals surface area (Å²) in [5.74, 6) is 0.917. The van der Waals surface area contributed by atoms with E-state index < -0.39 is 0 Å². The number of benzene rings is 2. The summed E-state index contributed by atoms with van der Waals surface area (Å²) < 4.78 is 5.70. The van der Waals surface area contributed by atoms with Gasteiger partial charge in [-0.15, -0.1) is 0 Å². The Balaban J connectivity index is 1.97. The van der Waals surface area contributed by atoms with Crippen molar-refractivity contribution in [1.82, 2.24) is 4.90 Å². The Morgan fingerprint density at radius 3 is 2.00 bits per heavy atom. The van der Waals surface area contributed by atoms with Gasteiger partial charge in [-0.25, -0.2) is 0 Å².